The molecule has 1 aromatic heterocycles. The smallest absolute Gasteiger partial charge is 0.416 e. The number of carbonyl (C=O) groups is 1. The van der Waals surface area contributed by atoms with Crippen molar-refractivity contribution < 1.29 is 22.7 Å². The molecular formula is C26H31ClF3N5O2. The van der Waals surface area contributed by atoms with E-state index in [1.165, 1.54) is 18.5 Å². The van der Waals surface area contributed by atoms with Gasteiger partial charge < -0.3 is 14.5 Å². The van der Waals surface area contributed by atoms with E-state index in [-0.39, 0.29) is 47.5 Å². The van der Waals surface area contributed by atoms with Gasteiger partial charge >= 0.3 is 12.3 Å². The van der Waals surface area contributed by atoms with Gasteiger partial charge in [-0.2, -0.15) is 18.4 Å². The van der Waals surface area contributed by atoms with Crippen LogP contribution in [0.3, 0.4) is 0 Å². The summed E-state index contributed by atoms with van der Waals surface area (Å²) in [5, 5.41) is 9.13. The van der Waals surface area contributed by atoms with Gasteiger partial charge in [-0.1, -0.05) is 25.4 Å². The van der Waals surface area contributed by atoms with Crippen molar-refractivity contribution >= 4 is 23.6 Å². The van der Waals surface area contributed by atoms with Crippen LogP contribution < -0.4 is 4.90 Å². The van der Waals surface area contributed by atoms with Crippen molar-refractivity contribution in [2.45, 2.75) is 90.3 Å². The fourth-order valence-corrected chi connectivity index (χ4v) is 5.04. The number of benzene rings is 1. The molecule has 2 unspecified atom stereocenters. The summed E-state index contributed by atoms with van der Waals surface area (Å²) in [5.41, 5.74) is -0.203. The highest BCUT2D eigenvalue weighted by Crippen LogP contribution is 2.35. The van der Waals surface area contributed by atoms with E-state index in [1.54, 1.807) is 18.7 Å². The number of ether oxygens (including phenoxy) is 1. The Morgan fingerprint density at radius 3 is 2.27 bits per heavy atom. The highest BCUT2D eigenvalue weighted by molar-refractivity contribution is 6.30. The Balaban J connectivity index is 2.00. The molecule has 1 aliphatic rings. The zero-order valence-corrected chi connectivity index (χ0v) is 22.1. The Morgan fingerprint density at radius 1 is 1.19 bits per heavy atom. The number of amides is 1. The standard InChI is InChI=1S/C26H31ClF3N5O2/c1-5-21-10-23(11-22(6-2)35(21)25(36)37-16(3)4)34(24-32-13-18(12-31)14-33-24)15-17-7-19(26(28,29)30)9-20(27)8-17/h7-9,13-14,16,21-23H,5-6,10-11,15H2,1-4H3/t21-,22?,23?/m1/s1. The van der Waals surface area contributed by atoms with E-state index in [1.807, 2.05) is 24.8 Å². The predicted molar refractivity (Wildman–Crippen MR) is 134 cm³/mol. The lowest BCUT2D eigenvalue weighted by molar-refractivity contribution is -0.137. The molecule has 7 nitrogen and oxygen atoms in total. The van der Waals surface area contributed by atoms with Crippen LogP contribution in [0.2, 0.25) is 5.02 Å². The second-order valence-corrected chi connectivity index (χ2v) is 9.88. The van der Waals surface area contributed by atoms with Gasteiger partial charge in [0.05, 0.1) is 29.6 Å². The Hall–Kier alpha value is -3.06. The fourth-order valence-electron chi connectivity index (χ4n) is 4.78. The molecule has 2 heterocycles. The summed E-state index contributed by atoms with van der Waals surface area (Å²) in [4.78, 5) is 25.3. The Kier molecular flexibility index (Phi) is 9.24. The van der Waals surface area contributed by atoms with Crippen molar-refractivity contribution in [3.63, 3.8) is 0 Å². The molecule has 200 valence electrons. The number of hydrogen-bond donors (Lipinski definition) is 0. The van der Waals surface area contributed by atoms with Crippen LogP contribution in [0.5, 0.6) is 0 Å². The van der Waals surface area contributed by atoms with E-state index in [2.05, 4.69) is 9.97 Å². The second-order valence-electron chi connectivity index (χ2n) is 9.45. The molecule has 1 aliphatic heterocycles. The lowest BCUT2D eigenvalue weighted by atomic mass is 9.87. The summed E-state index contributed by atoms with van der Waals surface area (Å²) >= 11 is 6.05. The van der Waals surface area contributed by atoms with Gasteiger partial charge in [0.25, 0.3) is 0 Å². The maximum Gasteiger partial charge on any atom is 0.416 e. The van der Waals surface area contributed by atoms with Crippen LogP contribution in [0.1, 0.15) is 70.1 Å². The topological polar surface area (TPSA) is 82.4 Å². The molecule has 3 rings (SSSR count). The van der Waals surface area contributed by atoms with Crippen LogP contribution in [0.15, 0.2) is 30.6 Å². The number of rotatable bonds is 7. The SMILES string of the molecule is CCC1CC(N(Cc2cc(Cl)cc(C(F)(F)F)c2)c2ncc(C#N)cn2)C[C@@H](CC)N1C(=O)OC(C)C. The zero-order valence-electron chi connectivity index (χ0n) is 21.3. The summed E-state index contributed by atoms with van der Waals surface area (Å²) in [6.07, 6.45) is 0.0727. The highest BCUT2D eigenvalue weighted by atomic mass is 35.5. The molecule has 0 bridgehead atoms. The molecule has 0 spiro atoms. The molecule has 3 atom stereocenters. The summed E-state index contributed by atoms with van der Waals surface area (Å²) in [7, 11) is 0. The van der Waals surface area contributed by atoms with Crippen molar-refractivity contribution in [1.82, 2.24) is 14.9 Å². The maximum absolute atomic E-state index is 13.5. The molecule has 2 aromatic rings. The minimum absolute atomic E-state index is 0.0189. The molecule has 11 heteroatoms. The number of nitriles is 1. The molecule has 0 radical (unpaired) electrons. The summed E-state index contributed by atoms with van der Waals surface area (Å²) in [6, 6.07) is 4.99. The van der Waals surface area contributed by atoms with Gasteiger partial charge in [0, 0.05) is 29.7 Å². The lowest BCUT2D eigenvalue weighted by Gasteiger charge is -2.47. The molecule has 37 heavy (non-hydrogen) atoms. The first-order chi connectivity index (χ1) is 17.5. The second kappa shape index (κ2) is 12.0. The third kappa shape index (κ3) is 7.04. The minimum atomic E-state index is -4.54. The van der Waals surface area contributed by atoms with Gasteiger partial charge in [-0.25, -0.2) is 14.8 Å². The van der Waals surface area contributed by atoms with Crippen LogP contribution >= 0.6 is 11.6 Å². The molecule has 0 N–H and O–H groups in total. The maximum atomic E-state index is 13.5. The number of anilines is 1. The number of hydrogen-bond acceptors (Lipinski definition) is 6. The molecule has 1 amide bonds. The van der Waals surface area contributed by atoms with Crippen molar-refractivity contribution in [2.24, 2.45) is 0 Å². The molecule has 0 aliphatic carbocycles. The fraction of sp³-hybridized carbons (Fsp3) is 0.538. The minimum Gasteiger partial charge on any atom is -0.447 e. The summed E-state index contributed by atoms with van der Waals surface area (Å²) < 4.78 is 45.9. The first kappa shape index (κ1) is 28.5. The zero-order chi connectivity index (χ0) is 27.3. The lowest BCUT2D eigenvalue weighted by Crippen LogP contribution is -2.57. The third-order valence-electron chi connectivity index (χ3n) is 6.47. The van der Waals surface area contributed by atoms with E-state index in [0.717, 1.165) is 12.1 Å². The first-order valence-electron chi connectivity index (χ1n) is 12.3. The van der Waals surface area contributed by atoms with Gasteiger partial charge in [0.2, 0.25) is 5.95 Å². The number of aromatic nitrogens is 2. The third-order valence-corrected chi connectivity index (χ3v) is 6.69. The van der Waals surface area contributed by atoms with Crippen LogP contribution in [-0.2, 0) is 17.5 Å². The summed E-state index contributed by atoms with van der Waals surface area (Å²) in [5.74, 6) is 0.292. The largest absolute Gasteiger partial charge is 0.447 e. The van der Waals surface area contributed by atoms with Gasteiger partial charge in [0.1, 0.15) is 6.07 Å². The molecule has 1 saturated heterocycles. The van der Waals surface area contributed by atoms with Crippen molar-refractivity contribution in [3.8, 4) is 6.07 Å². The van der Waals surface area contributed by atoms with E-state index >= 15 is 0 Å². The van der Waals surface area contributed by atoms with E-state index in [0.29, 0.717) is 37.2 Å². The Bertz CT molecular complexity index is 1110. The average Bonchev–Trinajstić information content (AvgIpc) is 2.85. The van der Waals surface area contributed by atoms with Crippen LogP contribution in [-0.4, -0.2) is 45.2 Å². The van der Waals surface area contributed by atoms with Gasteiger partial charge in [-0.15, -0.1) is 0 Å². The monoisotopic (exact) mass is 537 g/mol. The number of alkyl halides is 3. The van der Waals surface area contributed by atoms with E-state index in [4.69, 9.17) is 21.6 Å². The van der Waals surface area contributed by atoms with E-state index in [9.17, 15) is 18.0 Å². The van der Waals surface area contributed by atoms with E-state index < -0.39 is 11.7 Å². The molecule has 1 aromatic carbocycles. The van der Waals surface area contributed by atoms with Crippen LogP contribution in [0, 0.1) is 11.3 Å². The number of halogens is 4. The predicted octanol–water partition coefficient (Wildman–Crippen LogP) is 6.59. The molecular weight excluding hydrogens is 507 g/mol. The number of carbonyl (C=O) groups excluding carboxylic acids is 1. The van der Waals surface area contributed by atoms with Gasteiger partial charge in [-0.05, 0) is 63.3 Å². The average molecular weight is 538 g/mol. The van der Waals surface area contributed by atoms with Crippen molar-refractivity contribution in [2.75, 3.05) is 4.90 Å². The Labute approximate surface area is 220 Å². The first-order valence-corrected chi connectivity index (χ1v) is 12.7. The number of likely N-dealkylation sites (tertiary alicyclic amines) is 1. The van der Waals surface area contributed by atoms with Gasteiger partial charge in [-0.3, -0.25) is 0 Å². The highest BCUT2D eigenvalue weighted by Gasteiger charge is 2.41. The number of nitrogens with zero attached hydrogens (tertiary/aromatic N) is 5. The van der Waals surface area contributed by atoms with Gasteiger partial charge in [0.15, 0.2) is 0 Å². The van der Waals surface area contributed by atoms with Crippen molar-refractivity contribution in [3.05, 3.63) is 52.3 Å². The van der Waals surface area contributed by atoms with Crippen molar-refractivity contribution in [1.29, 1.82) is 5.26 Å². The molecule has 0 saturated carbocycles. The molecule has 1 fully saturated rings. The summed E-state index contributed by atoms with van der Waals surface area (Å²) in [6.45, 7) is 7.66. The Morgan fingerprint density at radius 2 is 1.78 bits per heavy atom. The van der Waals surface area contributed by atoms with Crippen LogP contribution in [0.4, 0.5) is 23.9 Å². The quantitative estimate of drug-likeness (QED) is 0.396. The van der Waals surface area contributed by atoms with Crippen LogP contribution in [0.25, 0.3) is 0 Å². The normalized spacial score (nSPS) is 20.0. The number of piperidine rings is 1.